The van der Waals surface area contributed by atoms with Crippen LogP contribution in [0.4, 0.5) is 0 Å². The Bertz CT molecular complexity index is 813. The molecule has 3 aromatic rings. The minimum absolute atomic E-state index is 0.489. The van der Waals surface area contributed by atoms with Crippen LogP contribution < -0.4 is 0 Å². The van der Waals surface area contributed by atoms with Gasteiger partial charge in [0.25, 0.3) is 0 Å². The number of benzene rings is 1. The third-order valence-electron chi connectivity index (χ3n) is 4.08. The molecule has 28 heavy (non-hydrogen) atoms. The maximum atomic E-state index is 5.65. The van der Waals surface area contributed by atoms with Crippen LogP contribution in [0.2, 0.25) is 0 Å². The lowest BCUT2D eigenvalue weighted by atomic mass is 10.1. The number of aromatic nitrogens is 2. The summed E-state index contributed by atoms with van der Waals surface area (Å²) < 4.78 is 22.3. The van der Waals surface area contributed by atoms with Gasteiger partial charge < -0.3 is 18.9 Å². The number of hydrogen-bond donors (Lipinski definition) is 0. The molecule has 4 rings (SSSR count). The van der Waals surface area contributed by atoms with Crippen molar-refractivity contribution < 1.29 is 18.9 Å². The molecule has 8 heteroatoms. The second kappa shape index (κ2) is 10.2. The normalized spacial score (nSPS) is 17.0. The van der Waals surface area contributed by atoms with Crippen LogP contribution >= 0.6 is 22.7 Å². The lowest BCUT2D eigenvalue weighted by molar-refractivity contribution is -0.00668. The van der Waals surface area contributed by atoms with Crippen LogP contribution in [-0.2, 0) is 32.2 Å². The maximum Gasteiger partial charge on any atom is 0.123 e. The van der Waals surface area contributed by atoms with Gasteiger partial charge >= 0.3 is 0 Å². The first kappa shape index (κ1) is 19.6. The minimum Gasteiger partial charge on any atom is -0.377 e. The van der Waals surface area contributed by atoms with E-state index in [2.05, 4.69) is 18.2 Å². The van der Waals surface area contributed by atoms with Gasteiger partial charge in [0, 0.05) is 21.9 Å². The molecule has 0 amide bonds. The lowest BCUT2D eigenvalue weighted by Gasteiger charge is -2.06. The van der Waals surface area contributed by atoms with Crippen LogP contribution in [0.15, 0.2) is 35.0 Å². The maximum absolute atomic E-state index is 5.65. The van der Waals surface area contributed by atoms with Gasteiger partial charge in [-0.2, -0.15) is 0 Å². The summed E-state index contributed by atoms with van der Waals surface area (Å²) in [5.41, 5.74) is 4.06. The zero-order chi connectivity index (χ0) is 19.0. The van der Waals surface area contributed by atoms with Gasteiger partial charge in [-0.1, -0.05) is 18.2 Å². The zero-order valence-electron chi connectivity index (χ0n) is 15.5. The molecule has 6 nitrogen and oxygen atoms in total. The zero-order valence-corrected chi connectivity index (χ0v) is 17.1. The highest BCUT2D eigenvalue weighted by Gasteiger charge is 2.10. The number of hydrogen-bond acceptors (Lipinski definition) is 8. The van der Waals surface area contributed by atoms with Crippen molar-refractivity contribution in [3.8, 4) is 21.1 Å². The van der Waals surface area contributed by atoms with E-state index in [0.717, 1.165) is 32.5 Å². The topological polar surface area (TPSA) is 62.7 Å². The SMILES string of the molecule is c1cc2cc(c1)-c1nc(cs1)COCCOCCOCCOCc1csc-2n1. The Labute approximate surface area is 172 Å². The number of ether oxygens (including phenoxy) is 4. The molecule has 0 N–H and O–H groups in total. The monoisotopic (exact) mass is 418 g/mol. The van der Waals surface area contributed by atoms with Crippen molar-refractivity contribution in [3.05, 3.63) is 46.4 Å². The van der Waals surface area contributed by atoms with Gasteiger partial charge in [-0.15, -0.1) is 22.7 Å². The van der Waals surface area contributed by atoms with E-state index in [-0.39, 0.29) is 0 Å². The molecule has 0 aliphatic carbocycles. The fourth-order valence-corrected chi connectivity index (χ4v) is 4.31. The van der Waals surface area contributed by atoms with Crippen molar-refractivity contribution >= 4 is 22.7 Å². The molecule has 0 saturated carbocycles. The first-order chi connectivity index (χ1) is 13.9. The van der Waals surface area contributed by atoms with E-state index in [4.69, 9.17) is 28.9 Å². The second-order valence-corrected chi connectivity index (χ2v) is 7.91. The fourth-order valence-electron chi connectivity index (χ4n) is 2.71. The summed E-state index contributed by atoms with van der Waals surface area (Å²) in [6.45, 7) is 4.25. The molecular weight excluding hydrogens is 396 g/mol. The highest BCUT2D eigenvalue weighted by molar-refractivity contribution is 7.13. The van der Waals surface area contributed by atoms with E-state index in [1.165, 1.54) is 0 Å². The van der Waals surface area contributed by atoms with Gasteiger partial charge in [-0.05, 0) is 6.07 Å². The van der Waals surface area contributed by atoms with E-state index in [1.54, 1.807) is 22.7 Å². The predicted molar refractivity (Wildman–Crippen MR) is 110 cm³/mol. The first-order valence-electron chi connectivity index (χ1n) is 9.19. The van der Waals surface area contributed by atoms with E-state index >= 15 is 0 Å². The van der Waals surface area contributed by atoms with Gasteiger partial charge in [0.2, 0.25) is 0 Å². The van der Waals surface area contributed by atoms with Gasteiger partial charge in [0.05, 0.1) is 64.2 Å². The Morgan fingerprint density at radius 3 is 1.61 bits per heavy atom. The number of fused-ring (bicyclic) bond motifs is 8. The molecule has 1 aromatic carbocycles. The molecule has 2 aromatic heterocycles. The van der Waals surface area contributed by atoms with Gasteiger partial charge in [0.1, 0.15) is 10.0 Å². The number of nitrogens with zero attached hydrogens (tertiary/aromatic N) is 2. The lowest BCUT2D eigenvalue weighted by Crippen LogP contribution is -2.11. The van der Waals surface area contributed by atoms with Crippen molar-refractivity contribution in [1.29, 1.82) is 0 Å². The first-order valence-corrected chi connectivity index (χ1v) is 10.9. The average molecular weight is 419 g/mol. The highest BCUT2D eigenvalue weighted by Crippen LogP contribution is 2.30. The van der Waals surface area contributed by atoms with E-state index < -0.39 is 0 Å². The largest absolute Gasteiger partial charge is 0.377 e. The van der Waals surface area contributed by atoms with Gasteiger partial charge in [-0.3, -0.25) is 0 Å². The van der Waals surface area contributed by atoms with Crippen LogP contribution in [0.5, 0.6) is 0 Å². The summed E-state index contributed by atoms with van der Waals surface area (Å²) in [6.07, 6.45) is 0. The molecule has 0 unspecified atom stereocenters. The summed E-state index contributed by atoms with van der Waals surface area (Å²) in [6, 6.07) is 8.34. The molecule has 3 heterocycles. The van der Waals surface area contributed by atoms with Gasteiger partial charge in [0.15, 0.2) is 0 Å². The third kappa shape index (κ3) is 5.44. The van der Waals surface area contributed by atoms with Crippen LogP contribution in [0, 0.1) is 0 Å². The van der Waals surface area contributed by atoms with Crippen molar-refractivity contribution in [2.24, 2.45) is 0 Å². The summed E-state index contributed by atoms with van der Waals surface area (Å²) >= 11 is 3.25. The average Bonchev–Trinajstić information content (AvgIpc) is 3.38. The molecule has 1 aliphatic rings. The van der Waals surface area contributed by atoms with Crippen molar-refractivity contribution in [2.45, 2.75) is 13.2 Å². The Balaban J connectivity index is 1.51. The Morgan fingerprint density at radius 2 is 1.11 bits per heavy atom. The van der Waals surface area contributed by atoms with Crippen LogP contribution in [0.1, 0.15) is 11.4 Å². The molecule has 0 fully saturated rings. The van der Waals surface area contributed by atoms with Crippen LogP contribution in [0.25, 0.3) is 21.1 Å². The summed E-state index contributed by atoms with van der Waals surface area (Å²) in [4.78, 5) is 9.40. The summed E-state index contributed by atoms with van der Waals surface area (Å²) in [5.74, 6) is 0. The Kier molecular flexibility index (Phi) is 7.15. The molecule has 0 saturated heterocycles. The molecular formula is C20H22N2O4S2. The standard InChI is InChI=1S/C20H22N2O4S2/c1-2-15-10-16(3-1)20-22-18(14-28-20)12-26-9-7-24-5-4-23-6-8-25-11-17-13-27-19(15)21-17/h1-3,10,13-14H,4-9,11-12H2. The fraction of sp³-hybridized carbons (Fsp3) is 0.400. The molecule has 0 atom stereocenters. The predicted octanol–water partition coefficient (Wildman–Crippen LogP) is 4.01. The van der Waals surface area contributed by atoms with Crippen LogP contribution in [-0.4, -0.2) is 49.6 Å². The smallest absolute Gasteiger partial charge is 0.123 e. The van der Waals surface area contributed by atoms with E-state index in [9.17, 15) is 0 Å². The van der Waals surface area contributed by atoms with Crippen molar-refractivity contribution in [3.63, 3.8) is 0 Å². The van der Waals surface area contributed by atoms with Crippen LogP contribution in [0.3, 0.4) is 0 Å². The minimum atomic E-state index is 0.489. The second-order valence-electron chi connectivity index (χ2n) is 6.20. The Morgan fingerprint density at radius 1 is 0.643 bits per heavy atom. The van der Waals surface area contributed by atoms with Crippen molar-refractivity contribution in [2.75, 3.05) is 39.6 Å². The number of thiazole rings is 2. The molecule has 0 spiro atoms. The highest BCUT2D eigenvalue weighted by atomic mass is 32.1. The van der Waals surface area contributed by atoms with E-state index in [0.29, 0.717) is 52.9 Å². The molecule has 1 aliphatic heterocycles. The van der Waals surface area contributed by atoms with Gasteiger partial charge in [-0.25, -0.2) is 9.97 Å². The van der Waals surface area contributed by atoms with E-state index in [1.807, 2.05) is 16.8 Å². The summed E-state index contributed by atoms with van der Waals surface area (Å²) in [5, 5.41) is 6.06. The molecule has 0 radical (unpaired) electrons. The van der Waals surface area contributed by atoms with Crippen molar-refractivity contribution in [1.82, 2.24) is 9.97 Å². The Hall–Kier alpha value is -1.68. The third-order valence-corrected chi connectivity index (χ3v) is 5.96. The molecule has 6 bridgehead atoms. The quantitative estimate of drug-likeness (QED) is 0.550. The summed E-state index contributed by atoms with van der Waals surface area (Å²) in [7, 11) is 0. The number of rotatable bonds is 0. The molecule has 148 valence electrons.